The number of amides is 1. The van der Waals surface area contributed by atoms with Gasteiger partial charge in [0.05, 0.1) is 10.8 Å². The van der Waals surface area contributed by atoms with Crippen LogP contribution in [0.5, 0.6) is 0 Å². The van der Waals surface area contributed by atoms with Gasteiger partial charge in [-0.2, -0.15) is 4.31 Å². The summed E-state index contributed by atoms with van der Waals surface area (Å²) in [5.41, 5.74) is 1.73. The molecule has 1 N–H and O–H groups in total. The zero-order chi connectivity index (χ0) is 21.1. The van der Waals surface area contributed by atoms with Crippen molar-refractivity contribution in [1.29, 1.82) is 0 Å². The number of aromatic nitrogens is 2. The van der Waals surface area contributed by atoms with E-state index >= 15 is 0 Å². The Morgan fingerprint density at radius 3 is 2.57 bits per heavy atom. The van der Waals surface area contributed by atoms with E-state index in [2.05, 4.69) is 15.5 Å². The van der Waals surface area contributed by atoms with Crippen LogP contribution >= 0.6 is 0 Å². The quantitative estimate of drug-likeness (QED) is 0.672. The molecule has 0 bridgehead atoms. The second-order valence-electron chi connectivity index (χ2n) is 7.28. The molecule has 30 heavy (non-hydrogen) atoms. The van der Waals surface area contributed by atoms with Gasteiger partial charge in [-0.3, -0.25) is 10.1 Å². The van der Waals surface area contributed by atoms with Crippen molar-refractivity contribution in [3.05, 3.63) is 60.2 Å². The highest BCUT2D eigenvalue weighted by molar-refractivity contribution is 7.89. The van der Waals surface area contributed by atoms with Crippen molar-refractivity contribution in [3.63, 3.8) is 0 Å². The first-order valence-corrected chi connectivity index (χ1v) is 11.1. The molecule has 1 saturated heterocycles. The molecule has 1 aliphatic rings. The lowest BCUT2D eigenvalue weighted by Crippen LogP contribution is -2.43. The summed E-state index contributed by atoms with van der Waals surface area (Å²) in [6, 6.07) is 15.9. The van der Waals surface area contributed by atoms with Crippen LogP contribution in [-0.2, 0) is 14.8 Å². The number of piperidine rings is 1. The summed E-state index contributed by atoms with van der Waals surface area (Å²) in [7, 11) is -3.65. The van der Waals surface area contributed by atoms with Crippen LogP contribution in [0.4, 0.5) is 6.01 Å². The van der Waals surface area contributed by atoms with Crippen molar-refractivity contribution in [2.45, 2.75) is 24.7 Å². The highest BCUT2D eigenvalue weighted by Crippen LogP contribution is 2.25. The minimum atomic E-state index is -3.65. The van der Waals surface area contributed by atoms with Crippen LogP contribution in [0.3, 0.4) is 0 Å². The van der Waals surface area contributed by atoms with Crippen LogP contribution in [-0.4, -0.2) is 41.9 Å². The Labute approximate surface area is 175 Å². The Morgan fingerprint density at radius 2 is 1.83 bits per heavy atom. The number of aryl methyl sites for hydroxylation is 1. The third-order valence-corrected chi connectivity index (χ3v) is 6.97. The van der Waals surface area contributed by atoms with E-state index in [0.29, 0.717) is 25.3 Å². The fourth-order valence-electron chi connectivity index (χ4n) is 3.41. The molecule has 1 amide bonds. The maximum Gasteiger partial charge on any atom is 0.322 e. The Balaban J connectivity index is 1.44. The van der Waals surface area contributed by atoms with Crippen molar-refractivity contribution >= 4 is 21.9 Å². The first kappa shape index (κ1) is 20.2. The van der Waals surface area contributed by atoms with E-state index in [1.807, 2.05) is 37.3 Å². The number of nitrogens with zero attached hydrogens (tertiary/aromatic N) is 3. The van der Waals surface area contributed by atoms with E-state index in [4.69, 9.17) is 4.42 Å². The lowest BCUT2D eigenvalue weighted by atomic mass is 9.99. The van der Waals surface area contributed by atoms with E-state index in [1.165, 1.54) is 4.31 Å². The average Bonchev–Trinajstić information content (AvgIpc) is 3.23. The van der Waals surface area contributed by atoms with Crippen LogP contribution in [0.25, 0.3) is 11.5 Å². The minimum absolute atomic E-state index is 0.00244. The Hall–Kier alpha value is -3.04. The summed E-state index contributed by atoms with van der Waals surface area (Å²) < 4.78 is 32.8. The van der Waals surface area contributed by atoms with E-state index in [-0.39, 0.29) is 23.4 Å². The van der Waals surface area contributed by atoms with E-state index < -0.39 is 15.9 Å². The normalized spacial score (nSPS) is 17.6. The fraction of sp³-hybridized carbons (Fsp3) is 0.286. The summed E-state index contributed by atoms with van der Waals surface area (Å²) in [6.45, 7) is 2.40. The van der Waals surface area contributed by atoms with E-state index in [9.17, 15) is 13.2 Å². The van der Waals surface area contributed by atoms with Crippen molar-refractivity contribution in [2.24, 2.45) is 5.92 Å². The Bertz CT molecular complexity index is 1130. The number of anilines is 1. The number of hydrogen-bond donors (Lipinski definition) is 1. The number of benzene rings is 2. The molecular weight excluding hydrogens is 404 g/mol. The van der Waals surface area contributed by atoms with Gasteiger partial charge in [0.25, 0.3) is 0 Å². The third-order valence-electron chi connectivity index (χ3n) is 5.09. The molecule has 2 aromatic carbocycles. The zero-order valence-corrected chi connectivity index (χ0v) is 17.3. The number of rotatable bonds is 5. The molecule has 1 aromatic heterocycles. The maximum absolute atomic E-state index is 12.9. The van der Waals surface area contributed by atoms with Gasteiger partial charge in [0.15, 0.2) is 0 Å². The van der Waals surface area contributed by atoms with Gasteiger partial charge in [0, 0.05) is 18.7 Å². The van der Waals surface area contributed by atoms with E-state index in [0.717, 1.165) is 11.1 Å². The molecule has 4 rings (SSSR count). The highest BCUT2D eigenvalue weighted by Gasteiger charge is 2.33. The first-order chi connectivity index (χ1) is 14.4. The minimum Gasteiger partial charge on any atom is -0.403 e. The molecule has 2 heterocycles. The SMILES string of the molecule is Cc1ccc(S(=O)(=O)N2CCCC(C(=O)Nc3nnc(-c4ccccc4)o3)C2)cc1. The number of carbonyl (C=O) groups is 1. The van der Waals surface area contributed by atoms with Gasteiger partial charge in [-0.25, -0.2) is 8.42 Å². The molecule has 1 aliphatic heterocycles. The van der Waals surface area contributed by atoms with Crippen molar-refractivity contribution in [3.8, 4) is 11.5 Å². The van der Waals surface area contributed by atoms with Gasteiger partial charge in [0.1, 0.15) is 0 Å². The summed E-state index contributed by atoms with van der Waals surface area (Å²) >= 11 is 0. The Morgan fingerprint density at radius 1 is 1.10 bits per heavy atom. The highest BCUT2D eigenvalue weighted by atomic mass is 32.2. The maximum atomic E-state index is 12.9. The lowest BCUT2D eigenvalue weighted by Gasteiger charge is -2.30. The first-order valence-electron chi connectivity index (χ1n) is 9.70. The zero-order valence-electron chi connectivity index (χ0n) is 16.5. The summed E-state index contributed by atoms with van der Waals surface area (Å²) in [5.74, 6) is -0.522. The summed E-state index contributed by atoms with van der Waals surface area (Å²) in [4.78, 5) is 12.9. The molecule has 156 valence electrons. The van der Waals surface area contributed by atoms with Crippen molar-refractivity contribution in [1.82, 2.24) is 14.5 Å². The Kier molecular flexibility index (Phi) is 5.65. The largest absolute Gasteiger partial charge is 0.403 e. The van der Waals surface area contributed by atoms with Gasteiger partial charge >= 0.3 is 6.01 Å². The second-order valence-corrected chi connectivity index (χ2v) is 9.22. The summed E-state index contributed by atoms with van der Waals surface area (Å²) in [6.07, 6.45) is 1.19. The van der Waals surface area contributed by atoms with Gasteiger partial charge in [0.2, 0.25) is 21.8 Å². The molecule has 1 atom stereocenters. The van der Waals surface area contributed by atoms with Crippen molar-refractivity contribution in [2.75, 3.05) is 18.4 Å². The molecular formula is C21H22N4O4S. The number of hydrogen-bond acceptors (Lipinski definition) is 6. The van der Waals surface area contributed by atoms with Crippen LogP contribution in [0.15, 0.2) is 63.9 Å². The molecule has 0 radical (unpaired) electrons. The molecule has 0 aliphatic carbocycles. The van der Waals surface area contributed by atoms with E-state index in [1.54, 1.807) is 24.3 Å². The van der Waals surface area contributed by atoms with Gasteiger partial charge in [-0.15, -0.1) is 5.10 Å². The van der Waals surface area contributed by atoms with Crippen LogP contribution < -0.4 is 5.32 Å². The monoisotopic (exact) mass is 426 g/mol. The molecule has 0 saturated carbocycles. The lowest BCUT2D eigenvalue weighted by molar-refractivity contribution is -0.121. The molecule has 0 spiro atoms. The van der Waals surface area contributed by atoms with Crippen LogP contribution in [0.2, 0.25) is 0 Å². The van der Waals surface area contributed by atoms with Crippen LogP contribution in [0.1, 0.15) is 18.4 Å². The van der Waals surface area contributed by atoms with Crippen molar-refractivity contribution < 1.29 is 17.6 Å². The molecule has 9 heteroatoms. The van der Waals surface area contributed by atoms with Gasteiger partial charge in [-0.1, -0.05) is 41.0 Å². The standard InChI is InChI=1S/C21H22N4O4S/c1-15-9-11-18(12-10-15)30(27,28)25-13-5-8-17(14-25)19(26)22-21-24-23-20(29-21)16-6-3-2-4-7-16/h2-4,6-7,9-12,17H,5,8,13-14H2,1H3,(H,22,24,26). The van der Waals surface area contributed by atoms with Gasteiger partial charge < -0.3 is 4.42 Å². The van der Waals surface area contributed by atoms with Crippen LogP contribution in [0, 0.1) is 12.8 Å². The number of carbonyl (C=O) groups excluding carboxylic acids is 1. The number of nitrogens with one attached hydrogen (secondary N) is 1. The average molecular weight is 426 g/mol. The predicted molar refractivity (Wildman–Crippen MR) is 111 cm³/mol. The third kappa shape index (κ3) is 4.27. The smallest absolute Gasteiger partial charge is 0.322 e. The summed E-state index contributed by atoms with van der Waals surface area (Å²) in [5, 5.41) is 10.4. The molecule has 3 aromatic rings. The second kappa shape index (κ2) is 8.37. The fourth-order valence-corrected chi connectivity index (χ4v) is 4.94. The predicted octanol–water partition coefficient (Wildman–Crippen LogP) is 3.08. The molecule has 1 fully saturated rings. The topological polar surface area (TPSA) is 105 Å². The molecule has 8 nitrogen and oxygen atoms in total. The molecule has 1 unspecified atom stereocenters. The number of sulfonamides is 1. The van der Waals surface area contributed by atoms with Gasteiger partial charge in [-0.05, 0) is 44.0 Å².